The molecule has 1 aliphatic heterocycles. The number of fused-ring (bicyclic) bond motifs is 1. The van der Waals surface area contributed by atoms with E-state index in [9.17, 15) is 8.42 Å². The number of nitrogens with zero attached hydrogens (tertiary/aromatic N) is 1. The van der Waals surface area contributed by atoms with E-state index in [1.165, 1.54) is 23.5 Å². The molecule has 1 aliphatic rings. The number of aromatic nitrogens is 1. The second kappa shape index (κ2) is 6.75. The molecule has 0 saturated carbocycles. The van der Waals surface area contributed by atoms with Crippen LogP contribution in [-0.4, -0.2) is 26.6 Å². The van der Waals surface area contributed by atoms with E-state index in [0.717, 1.165) is 15.6 Å². The van der Waals surface area contributed by atoms with Crippen molar-refractivity contribution in [3.8, 4) is 22.3 Å². The Labute approximate surface area is 154 Å². The van der Waals surface area contributed by atoms with Crippen LogP contribution in [-0.2, 0) is 16.6 Å². The maximum absolute atomic E-state index is 12.6. The van der Waals surface area contributed by atoms with Crippen LogP contribution in [0.15, 0.2) is 45.9 Å². The van der Waals surface area contributed by atoms with Gasteiger partial charge in [0.25, 0.3) is 0 Å². The molecule has 3 heterocycles. The molecule has 9 heteroatoms. The van der Waals surface area contributed by atoms with Crippen LogP contribution in [0.2, 0.25) is 0 Å². The van der Waals surface area contributed by atoms with Crippen molar-refractivity contribution >= 4 is 21.4 Å². The molecule has 4 rings (SSSR count). The lowest BCUT2D eigenvalue weighted by molar-refractivity contribution is 0.171. The van der Waals surface area contributed by atoms with Gasteiger partial charge in [-0.1, -0.05) is 0 Å². The molecule has 2 aromatic heterocycles. The average Bonchev–Trinajstić information content (AvgIpc) is 3.29. The molecule has 136 valence electrons. The van der Waals surface area contributed by atoms with Crippen molar-refractivity contribution in [2.75, 3.05) is 13.2 Å². The highest BCUT2D eigenvalue weighted by Crippen LogP contribution is 2.32. The van der Waals surface area contributed by atoms with E-state index in [-0.39, 0.29) is 11.4 Å². The van der Waals surface area contributed by atoms with E-state index >= 15 is 0 Å². The van der Waals surface area contributed by atoms with Crippen molar-refractivity contribution < 1.29 is 22.3 Å². The van der Waals surface area contributed by atoms with Crippen LogP contribution in [0, 0.1) is 6.92 Å². The highest BCUT2D eigenvalue weighted by molar-refractivity contribution is 7.89. The highest BCUT2D eigenvalue weighted by Gasteiger charge is 2.20. The van der Waals surface area contributed by atoms with Crippen molar-refractivity contribution in [3.05, 3.63) is 47.2 Å². The molecule has 1 aromatic carbocycles. The summed E-state index contributed by atoms with van der Waals surface area (Å²) in [6, 6.07) is 8.20. The summed E-state index contributed by atoms with van der Waals surface area (Å²) in [7, 11) is -3.68. The van der Waals surface area contributed by atoms with Gasteiger partial charge in [0.2, 0.25) is 10.0 Å². The monoisotopic (exact) mass is 392 g/mol. The third-order valence-corrected chi connectivity index (χ3v) is 6.44. The lowest BCUT2D eigenvalue weighted by Gasteiger charge is -2.18. The third-order valence-electron chi connectivity index (χ3n) is 3.87. The van der Waals surface area contributed by atoms with Gasteiger partial charge >= 0.3 is 0 Å². The second-order valence-electron chi connectivity index (χ2n) is 5.63. The van der Waals surface area contributed by atoms with Crippen molar-refractivity contribution in [2.45, 2.75) is 18.4 Å². The van der Waals surface area contributed by atoms with Crippen LogP contribution in [0.5, 0.6) is 11.5 Å². The van der Waals surface area contributed by atoms with Crippen LogP contribution in [0.1, 0.15) is 10.6 Å². The zero-order valence-corrected chi connectivity index (χ0v) is 15.5. The van der Waals surface area contributed by atoms with Gasteiger partial charge in [-0.25, -0.2) is 18.1 Å². The summed E-state index contributed by atoms with van der Waals surface area (Å²) in [5.74, 6) is 1.66. The number of rotatable bonds is 5. The second-order valence-corrected chi connectivity index (χ2v) is 8.49. The normalized spacial score (nSPS) is 13.7. The third kappa shape index (κ3) is 3.33. The van der Waals surface area contributed by atoms with Crippen molar-refractivity contribution in [2.24, 2.45) is 0 Å². The Morgan fingerprint density at radius 3 is 2.77 bits per heavy atom. The van der Waals surface area contributed by atoms with Crippen molar-refractivity contribution in [1.29, 1.82) is 0 Å². The predicted molar refractivity (Wildman–Crippen MR) is 96.0 cm³/mol. The summed E-state index contributed by atoms with van der Waals surface area (Å²) in [5, 5.41) is 0.723. The van der Waals surface area contributed by atoms with Crippen molar-refractivity contribution in [1.82, 2.24) is 9.71 Å². The molecule has 26 heavy (non-hydrogen) atoms. The summed E-state index contributed by atoms with van der Waals surface area (Å²) in [6.45, 7) is 2.86. The van der Waals surface area contributed by atoms with Crippen LogP contribution in [0.3, 0.4) is 0 Å². The molecule has 7 nitrogen and oxygen atoms in total. The number of furan rings is 1. The number of hydrogen-bond acceptors (Lipinski definition) is 7. The smallest absolute Gasteiger partial charge is 0.241 e. The van der Waals surface area contributed by atoms with Gasteiger partial charge in [-0.3, -0.25) is 0 Å². The van der Waals surface area contributed by atoms with E-state index in [0.29, 0.717) is 30.5 Å². The topological polar surface area (TPSA) is 90.7 Å². The average molecular weight is 392 g/mol. The molecule has 0 unspecified atom stereocenters. The minimum Gasteiger partial charge on any atom is -0.486 e. The lowest BCUT2D eigenvalue weighted by atomic mass is 10.3. The number of sulfonamides is 1. The molecule has 0 fully saturated rings. The first kappa shape index (κ1) is 17.1. The summed E-state index contributed by atoms with van der Waals surface area (Å²) < 4.78 is 44.0. The molecule has 0 aliphatic carbocycles. The number of aryl methyl sites for hydroxylation is 1. The molecule has 0 spiro atoms. The highest BCUT2D eigenvalue weighted by atomic mass is 32.2. The van der Waals surface area contributed by atoms with Crippen molar-refractivity contribution in [3.63, 3.8) is 0 Å². The van der Waals surface area contributed by atoms with E-state index in [4.69, 9.17) is 13.9 Å². The van der Waals surface area contributed by atoms with E-state index in [2.05, 4.69) is 9.71 Å². The number of benzene rings is 1. The zero-order valence-electron chi connectivity index (χ0n) is 13.9. The Hall–Kier alpha value is -2.36. The predicted octanol–water partition coefficient (Wildman–Crippen LogP) is 2.96. The molecule has 0 radical (unpaired) electrons. The van der Waals surface area contributed by atoms with Crippen LogP contribution in [0.4, 0.5) is 0 Å². The van der Waals surface area contributed by atoms with Gasteiger partial charge in [-0.05, 0) is 31.2 Å². The minimum absolute atomic E-state index is 0.134. The lowest BCUT2D eigenvalue weighted by Crippen LogP contribution is -2.23. The maximum Gasteiger partial charge on any atom is 0.241 e. The largest absolute Gasteiger partial charge is 0.486 e. The molecule has 0 saturated heterocycles. The fraction of sp³-hybridized carbons (Fsp3) is 0.235. The number of nitrogens with one attached hydrogen (secondary N) is 1. The van der Waals surface area contributed by atoms with Gasteiger partial charge in [0.05, 0.1) is 16.9 Å². The van der Waals surface area contributed by atoms with Crippen LogP contribution < -0.4 is 14.2 Å². The fourth-order valence-electron chi connectivity index (χ4n) is 2.53. The Bertz CT molecular complexity index is 1030. The molecule has 1 N–H and O–H groups in total. The van der Waals surface area contributed by atoms with E-state index in [1.54, 1.807) is 18.4 Å². The quantitative estimate of drug-likeness (QED) is 0.718. The summed E-state index contributed by atoms with van der Waals surface area (Å²) >= 11 is 1.40. The maximum atomic E-state index is 12.6. The molecule has 0 bridgehead atoms. The van der Waals surface area contributed by atoms with Gasteiger partial charge in [0, 0.05) is 17.5 Å². The first-order valence-corrected chi connectivity index (χ1v) is 10.2. The minimum atomic E-state index is -3.68. The zero-order chi connectivity index (χ0) is 18.1. The Balaban J connectivity index is 1.52. The number of hydrogen-bond donors (Lipinski definition) is 1. The molecule has 0 atom stereocenters. The van der Waals surface area contributed by atoms with Crippen LogP contribution in [0.25, 0.3) is 10.8 Å². The molecular formula is C17H16N2O5S2. The SMILES string of the molecule is Cc1nc(-c2ccco2)sc1CNS(=O)(=O)c1ccc2c(c1)OCCO2. The van der Waals surface area contributed by atoms with E-state index in [1.807, 2.05) is 13.0 Å². The van der Waals surface area contributed by atoms with Gasteiger partial charge in [-0.2, -0.15) is 0 Å². The molecular weight excluding hydrogens is 376 g/mol. The molecule has 3 aromatic rings. The van der Waals surface area contributed by atoms with E-state index < -0.39 is 10.0 Å². The van der Waals surface area contributed by atoms with Gasteiger partial charge < -0.3 is 13.9 Å². The first-order chi connectivity index (χ1) is 12.5. The Morgan fingerprint density at radius 1 is 1.19 bits per heavy atom. The molecule has 0 amide bonds. The standard InChI is InChI=1S/C17H16N2O5S2/c1-11-16(25-17(19-11)14-3-2-6-22-14)10-18-26(20,21)12-4-5-13-15(9-12)24-8-7-23-13/h2-6,9,18H,7-8,10H2,1H3. The number of ether oxygens (including phenoxy) is 2. The summed E-state index contributed by atoms with van der Waals surface area (Å²) in [6.07, 6.45) is 1.58. The first-order valence-electron chi connectivity index (χ1n) is 7.92. The Kier molecular flexibility index (Phi) is 4.43. The van der Waals surface area contributed by atoms with Gasteiger partial charge in [0.1, 0.15) is 13.2 Å². The van der Waals surface area contributed by atoms with Gasteiger partial charge in [0.15, 0.2) is 22.3 Å². The number of thiazole rings is 1. The van der Waals surface area contributed by atoms with Gasteiger partial charge in [-0.15, -0.1) is 11.3 Å². The van der Waals surface area contributed by atoms with Crippen LogP contribution >= 0.6 is 11.3 Å². The summed E-state index contributed by atoms with van der Waals surface area (Å²) in [5.41, 5.74) is 0.770. The Morgan fingerprint density at radius 2 is 2.00 bits per heavy atom. The summed E-state index contributed by atoms with van der Waals surface area (Å²) in [4.78, 5) is 5.40. The fourth-order valence-corrected chi connectivity index (χ4v) is 4.60.